The van der Waals surface area contributed by atoms with E-state index in [-0.39, 0.29) is 12.0 Å². The van der Waals surface area contributed by atoms with E-state index in [9.17, 15) is 8.42 Å². The highest BCUT2D eigenvalue weighted by atomic mass is 35.5. The number of nitrogens with zero attached hydrogens (tertiary/aromatic N) is 5. The van der Waals surface area contributed by atoms with Gasteiger partial charge >= 0.3 is 0 Å². The number of halogens is 1. The van der Waals surface area contributed by atoms with Crippen LogP contribution in [0.5, 0.6) is 0 Å². The second-order valence-corrected chi connectivity index (χ2v) is 13.7. The summed E-state index contributed by atoms with van der Waals surface area (Å²) in [6.45, 7) is 7.55. The van der Waals surface area contributed by atoms with Crippen LogP contribution in [0.25, 0.3) is 0 Å². The van der Waals surface area contributed by atoms with Crippen molar-refractivity contribution in [1.82, 2.24) is 19.7 Å². The molecule has 0 spiro atoms. The molecule has 9 heteroatoms. The van der Waals surface area contributed by atoms with E-state index in [0.29, 0.717) is 33.0 Å². The summed E-state index contributed by atoms with van der Waals surface area (Å²) in [6, 6.07) is 11.7. The van der Waals surface area contributed by atoms with Gasteiger partial charge in [0, 0.05) is 30.7 Å². The third kappa shape index (κ3) is 4.17. The average molecular weight is 540 g/mol. The fraction of sp³-hybridized carbons (Fsp3) is 0.500. The molecular formula is C28H34ClN5O2S. The molecule has 3 heterocycles. The number of hydrogen-bond acceptors (Lipinski definition) is 5. The molecular weight excluding hydrogens is 506 g/mol. The van der Waals surface area contributed by atoms with E-state index in [0.717, 1.165) is 49.4 Å². The van der Waals surface area contributed by atoms with Gasteiger partial charge < -0.3 is 4.57 Å². The van der Waals surface area contributed by atoms with Crippen LogP contribution >= 0.6 is 11.6 Å². The number of anilines is 1. The minimum absolute atomic E-state index is 0.244. The number of hydrogen-bond donors (Lipinski definition) is 0. The van der Waals surface area contributed by atoms with Gasteiger partial charge in [-0.25, -0.2) is 8.42 Å². The van der Waals surface area contributed by atoms with Crippen LogP contribution in [0.15, 0.2) is 47.6 Å². The van der Waals surface area contributed by atoms with Crippen molar-refractivity contribution in [3.8, 4) is 0 Å². The van der Waals surface area contributed by atoms with Gasteiger partial charge in [0.2, 0.25) is 0 Å². The quantitative estimate of drug-likeness (QED) is 0.450. The molecule has 3 aromatic rings. The van der Waals surface area contributed by atoms with E-state index in [4.69, 9.17) is 11.6 Å². The minimum Gasteiger partial charge on any atom is -0.320 e. The Kier molecular flexibility index (Phi) is 6.12. The van der Waals surface area contributed by atoms with Gasteiger partial charge in [0.15, 0.2) is 0 Å². The number of sulfonamides is 1. The first kappa shape index (κ1) is 24.9. The molecule has 0 bridgehead atoms. The van der Waals surface area contributed by atoms with Crippen molar-refractivity contribution in [2.45, 2.75) is 62.9 Å². The van der Waals surface area contributed by atoms with Crippen LogP contribution < -0.4 is 4.31 Å². The molecule has 3 aliphatic rings. The van der Waals surface area contributed by atoms with E-state index < -0.39 is 10.0 Å². The van der Waals surface area contributed by atoms with Gasteiger partial charge in [0.1, 0.15) is 12.2 Å². The standard InChI is InChI=1S/C28H34ClN5O2S/c1-19-6-5-9-33(15-19)16-21-10-25(29)24-17-34(37(35,36)26(24)11-21)23-8-4-7-22(12-23)28(13-20(2)14-28)27-31-30-18-32(27)3/h4,7-8,10-12,18-20H,5-6,9,13-17H2,1-3H3/t19-,20?,28?/m0/s1. The maximum Gasteiger partial charge on any atom is 0.265 e. The van der Waals surface area contributed by atoms with Gasteiger partial charge in [0.05, 0.1) is 22.5 Å². The second kappa shape index (κ2) is 9.10. The summed E-state index contributed by atoms with van der Waals surface area (Å²) >= 11 is 6.71. The molecule has 0 unspecified atom stereocenters. The van der Waals surface area contributed by atoms with Crippen molar-refractivity contribution in [2.24, 2.45) is 18.9 Å². The summed E-state index contributed by atoms with van der Waals surface area (Å²) in [7, 11) is -1.75. The van der Waals surface area contributed by atoms with Crippen molar-refractivity contribution in [3.63, 3.8) is 0 Å². The predicted octanol–water partition coefficient (Wildman–Crippen LogP) is 5.13. The molecule has 1 saturated heterocycles. The number of fused-ring (bicyclic) bond motifs is 1. The minimum atomic E-state index is -3.72. The highest BCUT2D eigenvalue weighted by Crippen LogP contribution is 2.52. The van der Waals surface area contributed by atoms with Gasteiger partial charge in [-0.05, 0) is 79.5 Å². The molecule has 2 aromatic carbocycles. The van der Waals surface area contributed by atoms with Crippen molar-refractivity contribution < 1.29 is 8.42 Å². The Balaban J connectivity index is 1.33. The van der Waals surface area contributed by atoms with Crippen molar-refractivity contribution in [3.05, 3.63) is 70.3 Å². The van der Waals surface area contributed by atoms with Crippen LogP contribution in [-0.2, 0) is 35.6 Å². The van der Waals surface area contributed by atoms with Gasteiger partial charge in [0.25, 0.3) is 10.0 Å². The number of aryl methyl sites for hydroxylation is 1. The summed E-state index contributed by atoms with van der Waals surface area (Å²) in [5.41, 5.74) is 3.13. The van der Waals surface area contributed by atoms with Gasteiger partial charge in [-0.3, -0.25) is 9.21 Å². The molecule has 0 amide bonds. The summed E-state index contributed by atoms with van der Waals surface area (Å²) in [5.74, 6) is 2.16. The summed E-state index contributed by atoms with van der Waals surface area (Å²) in [6.07, 6.45) is 6.08. The van der Waals surface area contributed by atoms with E-state index >= 15 is 0 Å². The third-order valence-electron chi connectivity index (χ3n) is 8.45. The van der Waals surface area contributed by atoms with Gasteiger partial charge in [-0.2, -0.15) is 0 Å². The number of likely N-dealkylation sites (tertiary alicyclic amines) is 1. The number of benzene rings is 2. The Morgan fingerprint density at radius 1 is 1.14 bits per heavy atom. The molecule has 7 nitrogen and oxygen atoms in total. The lowest BCUT2D eigenvalue weighted by atomic mass is 9.58. The van der Waals surface area contributed by atoms with Crippen LogP contribution in [0.4, 0.5) is 5.69 Å². The maximum atomic E-state index is 13.8. The summed E-state index contributed by atoms with van der Waals surface area (Å²) in [4.78, 5) is 2.74. The van der Waals surface area contributed by atoms with E-state index in [1.165, 1.54) is 17.1 Å². The normalized spacial score (nSPS) is 27.2. The fourth-order valence-electron chi connectivity index (χ4n) is 6.76. The molecule has 0 radical (unpaired) electrons. The number of aromatic nitrogens is 3. The third-order valence-corrected chi connectivity index (χ3v) is 10.6. The van der Waals surface area contributed by atoms with Crippen molar-refractivity contribution in [2.75, 3.05) is 17.4 Å². The topological polar surface area (TPSA) is 71.3 Å². The molecule has 1 saturated carbocycles. The van der Waals surface area contributed by atoms with Crippen molar-refractivity contribution >= 4 is 27.3 Å². The molecule has 2 fully saturated rings. The fourth-order valence-corrected chi connectivity index (χ4v) is 8.83. The molecule has 1 aromatic heterocycles. The highest BCUT2D eigenvalue weighted by Gasteiger charge is 2.48. The Labute approximate surface area is 224 Å². The Hall–Kier alpha value is -2.42. The van der Waals surface area contributed by atoms with E-state index in [1.54, 1.807) is 6.33 Å². The molecule has 2 aliphatic heterocycles. The monoisotopic (exact) mass is 539 g/mol. The molecule has 1 atom stereocenters. The van der Waals surface area contributed by atoms with Crippen LogP contribution in [-0.4, -0.2) is 41.2 Å². The zero-order chi connectivity index (χ0) is 25.9. The summed E-state index contributed by atoms with van der Waals surface area (Å²) < 4.78 is 31.2. The first-order chi connectivity index (χ1) is 17.7. The van der Waals surface area contributed by atoms with E-state index in [2.05, 4.69) is 35.0 Å². The molecule has 196 valence electrons. The Morgan fingerprint density at radius 2 is 1.95 bits per heavy atom. The van der Waals surface area contributed by atoms with Crippen LogP contribution in [0.3, 0.4) is 0 Å². The largest absolute Gasteiger partial charge is 0.320 e. The van der Waals surface area contributed by atoms with E-state index in [1.807, 2.05) is 41.9 Å². The lowest BCUT2D eigenvalue weighted by Gasteiger charge is -2.46. The Bertz CT molecular complexity index is 1450. The molecule has 1 aliphatic carbocycles. The maximum absolute atomic E-state index is 13.8. The second-order valence-electron chi connectivity index (χ2n) is 11.5. The zero-order valence-electron chi connectivity index (χ0n) is 21.7. The number of piperidine rings is 1. The average Bonchev–Trinajstić information content (AvgIpc) is 3.38. The zero-order valence-corrected chi connectivity index (χ0v) is 23.3. The lowest BCUT2D eigenvalue weighted by molar-refractivity contribution is 0.176. The van der Waals surface area contributed by atoms with Gasteiger partial charge in [-0.15, -0.1) is 10.2 Å². The molecule has 37 heavy (non-hydrogen) atoms. The SMILES string of the molecule is CC1CC(c2cccc(N3Cc4c(Cl)cc(CN5CCC[C@H](C)C5)cc4S3(=O)=O)c2)(c2nncn2C)C1. The van der Waals surface area contributed by atoms with Crippen LogP contribution in [0.2, 0.25) is 5.02 Å². The molecule has 6 rings (SSSR count). The smallest absolute Gasteiger partial charge is 0.265 e. The molecule has 0 N–H and O–H groups in total. The van der Waals surface area contributed by atoms with Crippen LogP contribution in [0.1, 0.15) is 62.0 Å². The first-order valence-corrected chi connectivity index (χ1v) is 15.0. The Morgan fingerprint density at radius 3 is 2.65 bits per heavy atom. The summed E-state index contributed by atoms with van der Waals surface area (Å²) in [5, 5.41) is 9.10. The van der Waals surface area contributed by atoms with Gasteiger partial charge in [-0.1, -0.05) is 37.6 Å². The number of rotatable bonds is 5. The predicted molar refractivity (Wildman–Crippen MR) is 145 cm³/mol. The van der Waals surface area contributed by atoms with Crippen molar-refractivity contribution in [1.29, 1.82) is 0 Å². The van der Waals surface area contributed by atoms with Crippen LogP contribution in [0, 0.1) is 11.8 Å². The lowest BCUT2D eigenvalue weighted by Crippen LogP contribution is -2.43. The first-order valence-electron chi connectivity index (χ1n) is 13.2. The highest BCUT2D eigenvalue weighted by molar-refractivity contribution is 7.93.